The lowest BCUT2D eigenvalue weighted by Gasteiger charge is -2.53. The third kappa shape index (κ3) is 4.20. The Kier molecular flexibility index (Phi) is 5.67. The summed E-state index contributed by atoms with van der Waals surface area (Å²) in [5.41, 5.74) is 4.73. The highest BCUT2D eigenvalue weighted by Gasteiger charge is 2.51. The number of carbonyl (C=O) groups is 3. The van der Waals surface area contributed by atoms with E-state index < -0.39 is 18.4 Å². The lowest BCUT2D eigenvalue weighted by atomic mass is 9.52. The van der Waals surface area contributed by atoms with Crippen molar-refractivity contribution in [2.75, 3.05) is 13.7 Å². The molecule has 4 aliphatic carbocycles. The fraction of sp³-hybridized carbons (Fsp3) is 0.571. The van der Waals surface area contributed by atoms with E-state index in [1.54, 1.807) is 12.1 Å². The molecule has 0 atom stereocenters. The molecule has 4 aliphatic rings. The van der Waals surface area contributed by atoms with Gasteiger partial charge in [-0.1, -0.05) is 11.6 Å². The SMILES string of the molecule is COc1ccc(Cl)cc1C(=O)NNC(=O)COC(=O)C1C2CC3CC(C2)CC1C3. The molecule has 1 aromatic rings. The second-order valence-corrected chi connectivity index (χ2v) is 8.85. The van der Waals surface area contributed by atoms with Crippen LogP contribution < -0.4 is 15.6 Å². The summed E-state index contributed by atoms with van der Waals surface area (Å²) in [6.45, 7) is -0.422. The topological polar surface area (TPSA) is 93.7 Å². The summed E-state index contributed by atoms with van der Waals surface area (Å²) < 4.78 is 10.4. The van der Waals surface area contributed by atoms with Gasteiger partial charge < -0.3 is 9.47 Å². The molecule has 1 aromatic carbocycles. The van der Waals surface area contributed by atoms with E-state index in [1.807, 2.05) is 0 Å². The van der Waals surface area contributed by atoms with Gasteiger partial charge in [-0.2, -0.15) is 0 Å². The van der Waals surface area contributed by atoms with E-state index in [9.17, 15) is 14.4 Å². The van der Waals surface area contributed by atoms with Crippen molar-refractivity contribution in [2.45, 2.75) is 32.1 Å². The van der Waals surface area contributed by atoms with E-state index >= 15 is 0 Å². The number of rotatable bonds is 5. The molecule has 7 nitrogen and oxygen atoms in total. The molecule has 2 N–H and O–H groups in total. The first-order chi connectivity index (χ1) is 13.9. The molecule has 29 heavy (non-hydrogen) atoms. The molecular weight excluding hydrogens is 396 g/mol. The summed E-state index contributed by atoms with van der Waals surface area (Å²) in [7, 11) is 1.43. The number of hydrogen-bond donors (Lipinski definition) is 2. The van der Waals surface area contributed by atoms with Crippen LogP contribution in [0.15, 0.2) is 18.2 Å². The number of halogens is 1. The summed E-state index contributed by atoms with van der Waals surface area (Å²) in [6.07, 6.45) is 5.74. The molecule has 4 fully saturated rings. The Balaban J connectivity index is 1.26. The highest BCUT2D eigenvalue weighted by Crippen LogP contribution is 2.56. The average molecular weight is 421 g/mol. The number of hydrazine groups is 1. The Morgan fingerprint density at radius 2 is 1.69 bits per heavy atom. The first kappa shape index (κ1) is 20.0. The minimum atomic E-state index is -0.600. The summed E-state index contributed by atoms with van der Waals surface area (Å²) in [6, 6.07) is 4.60. The Labute approximate surface area is 174 Å². The Hall–Kier alpha value is -2.28. The third-order valence-electron chi connectivity index (χ3n) is 6.57. The lowest BCUT2D eigenvalue weighted by molar-refractivity contribution is -0.164. The van der Waals surface area contributed by atoms with Crippen LogP contribution in [-0.4, -0.2) is 31.5 Å². The average Bonchev–Trinajstić information content (AvgIpc) is 2.69. The molecule has 4 bridgehead atoms. The van der Waals surface area contributed by atoms with Gasteiger partial charge in [0.15, 0.2) is 6.61 Å². The van der Waals surface area contributed by atoms with Crippen LogP contribution in [0.5, 0.6) is 5.75 Å². The van der Waals surface area contributed by atoms with Crippen LogP contribution in [-0.2, 0) is 14.3 Å². The fourth-order valence-electron chi connectivity index (χ4n) is 5.63. The molecule has 0 heterocycles. The molecule has 8 heteroatoms. The Bertz CT molecular complexity index is 799. The Morgan fingerprint density at radius 3 is 2.31 bits per heavy atom. The van der Waals surface area contributed by atoms with E-state index in [2.05, 4.69) is 10.9 Å². The predicted octanol–water partition coefficient (Wildman–Crippen LogP) is 2.73. The normalized spacial score (nSPS) is 29.2. The minimum Gasteiger partial charge on any atom is -0.496 e. The summed E-state index contributed by atoms with van der Waals surface area (Å²) in [5.74, 6) is 1.12. The highest BCUT2D eigenvalue weighted by molar-refractivity contribution is 6.31. The van der Waals surface area contributed by atoms with Crippen molar-refractivity contribution in [3.8, 4) is 5.75 Å². The van der Waals surface area contributed by atoms with Crippen LogP contribution in [0.4, 0.5) is 0 Å². The maximum atomic E-state index is 12.6. The van der Waals surface area contributed by atoms with Gasteiger partial charge in [0, 0.05) is 5.02 Å². The number of carbonyl (C=O) groups excluding carboxylic acids is 3. The zero-order chi connectivity index (χ0) is 20.5. The number of amides is 2. The van der Waals surface area contributed by atoms with Gasteiger partial charge >= 0.3 is 5.97 Å². The molecule has 0 radical (unpaired) electrons. The van der Waals surface area contributed by atoms with Crippen molar-refractivity contribution >= 4 is 29.4 Å². The number of ether oxygens (including phenoxy) is 2. The van der Waals surface area contributed by atoms with Crippen molar-refractivity contribution in [3.05, 3.63) is 28.8 Å². The molecule has 2 amide bonds. The summed E-state index contributed by atoms with van der Waals surface area (Å²) in [4.78, 5) is 36.9. The molecular formula is C21H25ClN2O5. The molecule has 156 valence electrons. The van der Waals surface area contributed by atoms with Crippen molar-refractivity contribution in [1.29, 1.82) is 0 Å². The standard InChI is InChI=1S/C21H25ClN2O5/c1-28-17-3-2-15(22)9-16(17)20(26)24-23-18(25)10-29-21(27)19-13-5-11-4-12(7-13)8-14(19)6-11/h2-3,9,11-14,19H,4-8,10H2,1H3,(H,23,25)(H,24,26). The number of benzene rings is 1. The van der Waals surface area contributed by atoms with Gasteiger partial charge in [-0.15, -0.1) is 0 Å². The van der Waals surface area contributed by atoms with Crippen LogP contribution in [0.1, 0.15) is 42.5 Å². The van der Waals surface area contributed by atoms with Crippen LogP contribution in [0, 0.1) is 29.6 Å². The van der Waals surface area contributed by atoms with Gasteiger partial charge in [-0.25, -0.2) is 0 Å². The van der Waals surface area contributed by atoms with Crippen LogP contribution >= 0.6 is 11.6 Å². The van der Waals surface area contributed by atoms with Gasteiger partial charge in [0.05, 0.1) is 18.6 Å². The summed E-state index contributed by atoms with van der Waals surface area (Å²) in [5, 5.41) is 0.367. The zero-order valence-electron chi connectivity index (χ0n) is 16.3. The van der Waals surface area contributed by atoms with Crippen LogP contribution in [0.25, 0.3) is 0 Å². The second kappa shape index (κ2) is 8.22. The van der Waals surface area contributed by atoms with Gasteiger partial charge in [-0.05, 0) is 74.0 Å². The molecule has 0 saturated heterocycles. The molecule has 0 spiro atoms. The van der Waals surface area contributed by atoms with E-state index in [1.165, 1.54) is 19.6 Å². The smallest absolute Gasteiger partial charge is 0.310 e. The molecule has 4 saturated carbocycles. The largest absolute Gasteiger partial charge is 0.496 e. The number of esters is 1. The van der Waals surface area contributed by atoms with E-state index in [-0.39, 0.29) is 17.5 Å². The highest BCUT2D eigenvalue weighted by atomic mass is 35.5. The zero-order valence-corrected chi connectivity index (χ0v) is 17.0. The van der Waals surface area contributed by atoms with Crippen molar-refractivity contribution in [3.63, 3.8) is 0 Å². The van der Waals surface area contributed by atoms with Gasteiger partial charge in [0.1, 0.15) is 5.75 Å². The lowest BCUT2D eigenvalue weighted by Crippen LogP contribution is -2.49. The van der Waals surface area contributed by atoms with E-state index in [0.29, 0.717) is 22.6 Å². The van der Waals surface area contributed by atoms with Gasteiger partial charge in [0.25, 0.3) is 11.8 Å². The van der Waals surface area contributed by atoms with E-state index in [4.69, 9.17) is 21.1 Å². The Morgan fingerprint density at radius 1 is 1.03 bits per heavy atom. The van der Waals surface area contributed by atoms with Gasteiger partial charge in [0.2, 0.25) is 0 Å². The molecule has 0 aromatic heterocycles. The fourth-order valence-corrected chi connectivity index (χ4v) is 5.80. The molecule has 0 unspecified atom stereocenters. The first-order valence-corrected chi connectivity index (χ1v) is 10.4. The van der Waals surface area contributed by atoms with Crippen molar-refractivity contribution < 1.29 is 23.9 Å². The predicted molar refractivity (Wildman–Crippen MR) is 105 cm³/mol. The van der Waals surface area contributed by atoms with Crippen LogP contribution in [0.3, 0.4) is 0 Å². The van der Waals surface area contributed by atoms with Gasteiger partial charge in [-0.3, -0.25) is 25.2 Å². The maximum absolute atomic E-state index is 12.6. The summed E-state index contributed by atoms with van der Waals surface area (Å²) >= 11 is 5.91. The van der Waals surface area contributed by atoms with Crippen LogP contribution in [0.2, 0.25) is 5.02 Å². The number of methoxy groups -OCH3 is 1. The monoisotopic (exact) mass is 420 g/mol. The quantitative estimate of drug-likeness (QED) is 0.564. The molecule has 5 rings (SSSR count). The van der Waals surface area contributed by atoms with Crippen molar-refractivity contribution in [2.24, 2.45) is 29.6 Å². The number of hydrogen-bond acceptors (Lipinski definition) is 5. The second-order valence-electron chi connectivity index (χ2n) is 8.41. The third-order valence-corrected chi connectivity index (χ3v) is 6.80. The first-order valence-electron chi connectivity index (χ1n) is 10.0. The maximum Gasteiger partial charge on any atom is 0.310 e. The minimum absolute atomic E-state index is 0.0825. The van der Waals surface area contributed by atoms with Crippen molar-refractivity contribution in [1.82, 2.24) is 10.9 Å². The molecule has 0 aliphatic heterocycles. The van der Waals surface area contributed by atoms with E-state index in [0.717, 1.165) is 37.5 Å². The number of nitrogens with one attached hydrogen (secondary N) is 2.